The molecule has 0 amide bonds. The van der Waals surface area contributed by atoms with E-state index in [2.05, 4.69) is 5.32 Å². The van der Waals surface area contributed by atoms with Crippen molar-refractivity contribution in [2.75, 3.05) is 11.1 Å². The molecule has 0 radical (unpaired) electrons. The molecule has 4 heteroatoms. The van der Waals surface area contributed by atoms with Crippen molar-refractivity contribution in [3.8, 4) is 0 Å². The summed E-state index contributed by atoms with van der Waals surface area (Å²) in [4.78, 5) is 0. The number of nitrogens with two attached hydrogens (primary N) is 1. The van der Waals surface area contributed by atoms with Gasteiger partial charge in [0.05, 0.1) is 11.4 Å². The lowest BCUT2D eigenvalue weighted by Gasteiger charge is -2.11. The normalized spacial score (nSPS) is 10.4. The van der Waals surface area contributed by atoms with Crippen LogP contribution in [0.3, 0.4) is 0 Å². The van der Waals surface area contributed by atoms with Gasteiger partial charge in [0.25, 0.3) is 0 Å². The van der Waals surface area contributed by atoms with Gasteiger partial charge in [-0.1, -0.05) is 6.07 Å². The van der Waals surface area contributed by atoms with E-state index in [1.165, 1.54) is 6.07 Å². The Kier molecular flexibility index (Phi) is 3.19. The Balaban J connectivity index is 2.39. The average Bonchev–Trinajstić information content (AvgIpc) is 2.23. The van der Waals surface area contributed by atoms with Gasteiger partial charge in [0, 0.05) is 11.8 Å². The minimum atomic E-state index is -0.762. The lowest BCUT2D eigenvalue weighted by molar-refractivity contribution is 0.587. The molecule has 0 unspecified atom stereocenters. The van der Waals surface area contributed by atoms with Crippen molar-refractivity contribution in [2.45, 2.75) is 13.8 Å². The SMILES string of the molecule is Cc1cc(C)cc(Nc2cc(F)cc(F)c2N)c1. The van der Waals surface area contributed by atoms with Gasteiger partial charge in [-0.05, 0) is 43.2 Å². The van der Waals surface area contributed by atoms with Crippen LogP contribution in [-0.2, 0) is 0 Å². The first-order chi connectivity index (χ1) is 8.45. The molecular formula is C14H14F2N2. The summed E-state index contributed by atoms with van der Waals surface area (Å²) in [5, 5.41) is 2.93. The van der Waals surface area contributed by atoms with Crippen LogP contribution in [0.15, 0.2) is 30.3 Å². The first-order valence-electron chi connectivity index (χ1n) is 5.55. The molecule has 0 heterocycles. The van der Waals surface area contributed by atoms with Crippen LogP contribution in [0.1, 0.15) is 11.1 Å². The molecule has 0 saturated carbocycles. The third-order valence-corrected chi connectivity index (χ3v) is 2.60. The molecule has 18 heavy (non-hydrogen) atoms. The smallest absolute Gasteiger partial charge is 0.151 e. The van der Waals surface area contributed by atoms with Crippen molar-refractivity contribution in [3.63, 3.8) is 0 Å². The molecule has 2 aromatic carbocycles. The third kappa shape index (κ3) is 2.59. The van der Waals surface area contributed by atoms with Crippen molar-refractivity contribution in [1.82, 2.24) is 0 Å². The van der Waals surface area contributed by atoms with Gasteiger partial charge < -0.3 is 11.1 Å². The number of halogens is 2. The molecule has 0 saturated heterocycles. The molecule has 94 valence electrons. The Bertz CT molecular complexity index is 574. The number of benzene rings is 2. The molecular weight excluding hydrogens is 234 g/mol. The van der Waals surface area contributed by atoms with Crippen molar-refractivity contribution in [1.29, 1.82) is 0 Å². The van der Waals surface area contributed by atoms with Crippen molar-refractivity contribution in [3.05, 3.63) is 53.1 Å². The van der Waals surface area contributed by atoms with E-state index in [1.54, 1.807) is 0 Å². The second-order valence-corrected chi connectivity index (χ2v) is 4.35. The van der Waals surface area contributed by atoms with Crippen LogP contribution in [0.25, 0.3) is 0 Å². The van der Waals surface area contributed by atoms with E-state index in [1.807, 2.05) is 32.0 Å². The largest absolute Gasteiger partial charge is 0.395 e. The number of nitrogen functional groups attached to an aromatic ring is 1. The Labute approximate surface area is 104 Å². The van der Waals surface area contributed by atoms with E-state index in [0.29, 0.717) is 0 Å². The molecule has 0 spiro atoms. The highest BCUT2D eigenvalue weighted by Gasteiger charge is 2.08. The van der Waals surface area contributed by atoms with E-state index in [-0.39, 0.29) is 11.4 Å². The zero-order valence-electron chi connectivity index (χ0n) is 10.2. The van der Waals surface area contributed by atoms with Gasteiger partial charge in [-0.25, -0.2) is 8.78 Å². The molecule has 0 aliphatic carbocycles. The topological polar surface area (TPSA) is 38.0 Å². The monoisotopic (exact) mass is 248 g/mol. The zero-order chi connectivity index (χ0) is 13.3. The van der Waals surface area contributed by atoms with Gasteiger partial charge in [-0.3, -0.25) is 0 Å². The number of rotatable bonds is 2. The highest BCUT2D eigenvalue weighted by molar-refractivity contribution is 5.73. The first kappa shape index (κ1) is 12.4. The molecule has 0 bridgehead atoms. The molecule has 0 aliphatic rings. The maximum Gasteiger partial charge on any atom is 0.151 e. The Morgan fingerprint density at radius 2 is 1.56 bits per heavy atom. The van der Waals surface area contributed by atoms with E-state index in [4.69, 9.17) is 5.73 Å². The lowest BCUT2D eigenvalue weighted by atomic mass is 10.1. The van der Waals surface area contributed by atoms with E-state index >= 15 is 0 Å². The molecule has 0 aromatic heterocycles. The van der Waals surface area contributed by atoms with Crippen LogP contribution in [0.5, 0.6) is 0 Å². The molecule has 3 N–H and O–H groups in total. The Hall–Kier alpha value is -2.10. The zero-order valence-corrected chi connectivity index (χ0v) is 10.2. The van der Waals surface area contributed by atoms with E-state index in [9.17, 15) is 8.78 Å². The Morgan fingerprint density at radius 3 is 2.17 bits per heavy atom. The van der Waals surface area contributed by atoms with Gasteiger partial charge in [-0.2, -0.15) is 0 Å². The second kappa shape index (κ2) is 4.64. The van der Waals surface area contributed by atoms with Crippen LogP contribution in [-0.4, -0.2) is 0 Å². The molecule has 0 atom stereocenters. The molecule has 2 nitrogen and oxygen atoms in total. The minimum absolute atomic E-state index is 0.0874. The summed E-state index contributed by atoms with van der Waals surface area (Å²) in [5.41, 5.74) is 8.60. The van der Waals surface area contributed by atoms with Crippen molar-refractivity contribution < 1.29 is 8.78 Å². The van der Waals surface area contributed by atoms with Crippen molar-refractivity contribution in [2.24, 2.45) is 0 Å². The molecule has 0 fully saturated rings. The van der Waals surface area contributed by atoms with Crippen LogP contribution in [0, 0.1) is 25.5 Å². The quantitative estimate of drug-likeness (QED) is 0.791. The van der Waals surface area contributed by atoms with Crippen LogP contribution >= 0.6 is 0 Å². The van der Waals surface area contributed by atoms with Crippen LogP contribution in [0.2, 0.25) is 0 Å². The summed E-state index contributed by atoms with van der Waals surface area (Å²) < 4.78 is 26.4. The fraction of sp³-hybridized carbons (Fsp3) is 0.143. The van der Waals surface area contributed by atoms with Gasteiger partial charge in [0.1, 0.15) is 5.82 Å². The molecule has 2 aromatic rings. The number of anilines is 3. The third-order valence-electron chi connectivity index (χ3n) is 2.60. The summed E-state index contributed by atoms with van der Waals surface area (Å²) in [5.74, 6) is -1.42. The van der Waals surface area contributed by atoms with Gasteiger partial charge in [-0.15, -0.1) is 0 Å². The average molecular weight is 248 g/mol. The Morgan fingerprint density at radius 1 is 0.944 bits per heavy atom. The first-order valence-corrected chi connectivity index (χ1v) is 5.55. The number of nitrogens with one attached hydrogen (secondary N) is 1. The van der Waals surface area contributed by atoms with Crippen molar-refractivity contribution >= 4 is 17.1 Å². The highest BCUT2D eigenvalue weighted by atomic mass is 19.1. The standard InChI is InChI=1S/C14H14F2N2/c1-8-3-9(2)5-11(4-8)18-13-7-10(15)6-12(16)14(13)17/h3-7,18H,17H2,1-2H3. The summed E-state index contributed by atoms with van der Waals surface area (Å²) in [6.07, 6.45) is 0. The summed E-state index contributed by atoms with van der Waals surface area (Å²) in [6.45, 7) is 3.90. The van der Waals surface area contributed by atoms with Crippen LogP contribution < -0.4 is 11.1 Å². The summed E-state index contributed by atoms with van der Waals surface area (Å²) >= 11 is 0. The predicted octanol–water partition coefficient (Wildman–Crippen LogP) is 3.91. The van der Waals surface area contributed by atoms with Crippen LogP contribution in [0.4, 0.5) is 25.8 Å². The lowest BCUT2D eigenvalue weighted by Crippen LogP contribution is -2.00. The maximum atomic E-state index is 13.3. The minimum Gasteiger partial charge on any atom is -0.395 e. The van der Waals surface area contributed by atoms with E-state index < -0.39 is 11.6 Å². The van der Waals surface area contributed by atoms with Gasteiger partial charge in [0.2, 0.25) is 0 Å². The fourth-order valence-corrected chi connectivity index (χ4v) is 1.89. The predicted molar refractivity (Wildman–Crippen MR) is 70.0 cm³/mol. The van der Waals surface area contributed by atoms with Gasteiger partial charge in [0.15, 0.2) is 5.82 Å². The maximum absolute atomic E-state index is 13.3. The summed E-state index contributed by atoms with van der Waals surface area (Å²) in [6, 6.07) is 7.73. The number of hydrogen-bond donors (Lipinski definition) is 2. The fourth-order valence-electron chi connectivity index (χ4n) is 1.89. The molecule has 2 rings (SSSR count). The van der Waals surface area contributed by atoms with E-state index in [0.717, 1.165) is 22.9 Å². The summed E-state index contributed by atoms with van der Waals surface area (Å²) in [7, 11) is 0. The number of hydrogen-bond acceptors (Lipinski definition) is 2. The van der Waals surface area contributed by atoms with Gasteiger partial charge >= 0.3 is 0 Å². The molecule has 0 aliphatic heterocycles. The second-order valence-electron chi connectivity index (χ2n) is 4.35. The number of aryl methyl sites for hydroxylation is 2. The highest BCUT2D eigenvalue weighted by Crippen LogP contribution is 2.27.